The van der Waals surface area contributed by atoms with Crippen LogP contribution < -0.4 is 11.3 Å². The second-order valence-electron chi connectivity index (χ2n) is 9.96. The average molecular weight is 537 g/mol. The molecule has 0 aliphatic carbocycles. The molecular formula is C28H33ClN6O3. The van der Waals surface area contributed by atoms with Crippen molar-refractivity contribution in [3.05, 3.63) is 88.6 Å². The Morgan fingerprint density at radius 2 is 1.79 bits per heavy atom. The molecule has 38 heavy (non-hydrogen) atoms. The monoisotopic (exact) mass is 536 g/mol. The highest BCUT2D eigenvalue weighted by atomic mass is 35.5. The Morgan fingerprint density at radius 3 is 2.45 bits per heavy atom. The maximum atomic E-state index is 13.2. The van der Waals surface area contributed by atoms with E-state index in [9.17, 15) is 14.7 Å². The largest absolute Gasteiger partial charge is 0.388 e. The van der Waals surface area contributed by atoms with Gasteiger partial charge in [0.15, 0.2) is 0 Å². The number of imidazole rings is 1. The maximum absolute atomic E-state index is 13.2. The van der Waals surface area contributed by atoms with Gasteiger partial charge in [-0.05, 0) is 29.9 Å². The van der Waals surface area contributed by atoms with E-state index in [1.807, 2.05) is 59.5 Å². The van der Waals surface area contributed by atoms with Crippen molar-refractivity contribution < 1.29 is 9.90 Å². The molecule has 2 aromatic heterocycles. The molecule has 1 amide bonds. The molecule has 0 saturated carbocycles. The molecule has 200 valence electrons. The van der Waals surface area contributed by atoms with Crippen LogP contribution >= 0.6 is 12.4 Å². The number of fused-ring (bicyclic) bond motifs is 1. The van der Waals surface area contributed by atoms with Crippen molar-refractivity contribution in [2.24, 2.45) is 5.73 Å². The van der Waals surface area contributed by atoms with Gasteiger partial charge in [-0.25, -0.2) is 9.50 Å². The van der Waals surface area contributed by atoms with E-state index in [0.717, 1.165) is 16.7 Å². The molecular weight excluding hydrogens is 504 g/mol. The topological polar surface area (TPSA) is 119 Å². The zero-order chi connectivity index (χ0) is 26.0. The molecule has 0 radical (unpaired) electrons. The van der Waals surface area contributed by atoms with Crippen LogP contribution in [0.1, 0.15) is 43.2 Å². The third-order valence-electron chi connectivity index (χ3n) is 7.34. The van der Waals surface area contributed by atoms with Gasteiger partial charge in [-0.2, -0.15) is 5.10 Å². The van der Waals surface area contributed by atoms with Gasteiger partial charge in [-0.3, -0.25) is 14.2 Å². The quantitative estimate of drug-likeness (QED) is 0.375. The molecule has 4 aromatic rings. The number of likely N-dealkylation sites (tertiary alicyclic amines) is 1. The number of carbonyl (C=O) groups excluding carboxylic acids is 1. The number of nitrogens with zero attached hydrogens (tertiary/aromatic N) is 5. The van der Waals surface area contributed by atoms with E-state index in [4.69, 9.17) is 5.73 Å². The SMILES string of the molecule is C[C@H](CC(=O)N1CCC(O)(Cn2cnn3c(-c4ccc(CN)cc4)cnc3c2=O)CC1)c1ccccc1.Cl. The molecule has 1 atom stereocenters. The fourth-order valence-electron chi connectivity index (χ4n) is 4.96. The summed E-state index contributed by atoms with van der Waals surface area (Å²) < 4.78 is 2.94. The van der Waals surface area contributed by atoms with Gasteiger partial charge in [0, 0.05) is 31.6 Å². The van der Waals surface area contributed by atoms with E-state index in [0.29, 0.717) is 44.6 Å². The third kappa shape index (κ3) is 5.65. The van der Waals surface area contributed by atoms with Crippen LogP contribution in [0, 0.1) is 0 Å². The van der Waals surface area contributed by atoms with Crippen molar-refractivity contribution in [3.8, 4) is 11.3 Å². The number of hydrogen-bond acceptors (Lipinski definition) is 6. The van der Waals surface area contributed by atoms with E-state index in [2.05, 4.69) is 17.0 Å². The lowest BCUT2D eigenvalue weighted by atomic mass is 9.90. The summed E-state index contributed by atoms with van der Waals surface area (Å²) in [5.74, 6) is 0.215. The molecule has 1 aliphatic heterocycles. The van der Waals surface area contributed by atoms with E-state index in [1.165, 1.54) is 15.4 Å². The number of halogens is 1. The van der Waals surface area contributed by atoms with Gasteiger partial charge < -0.3 is 15.7 Å². The molecule has 1 aliphatic rings. The second-order valence-corrected chi connectivity index (χ2v) is 9.96. The zero-order valence-corrected chi connectivity index (χ0v) is 22.2. The van der Waals surface area contributed by atoms with Crippen molar-refractivity contribution >= 4 is 24.0 Å². The summed E-state index contributed by atoms with van der Waals surface area (Å²) in [6.45, 7) is 3.52. The Bertz CT molecular complexity index is 1440. The van der Waals surface area contributed by atoms with Crippen LogP contribution in [0.25, 0.3) is 16.9 Å². The molecule has 0 unspecified atom stereocenters. The number of aromatic nitrogens is 4. The van der Waals surface area contributed by atoms with Gasteiger partial charge in [0.1, 0.15) is 6.33 Å². The van der Waals surface area contributed by atoms with Crippen LogP contribution in [0.15, 0.2) is 71.9 Å². The van der Waals surface area contributed by atoms with Crippen molar-refractivity contribution in [3.63, 3.8) is 0 Å². The first-order valence-corrected chi connectivity index (χ1v) is 12.6. The summed E-state index contributed by atoms with van der Waals surface area (Å²) in [6.07, 6.45) is 4.29. The van der Waals surface area contributed by atoms with Crippen LogP contribution in [0.5, 0.6) is 0 Å². The van der Waals surface area contributed by atoms with E-state index < -0.39 is 5.60 Å². The standard InChI is InChI=1S/C28H32N6O3.ClH/c1-20(22-5-3-2-4-6-22)15-25(35)32-13-11-28(37,12-14-32)18-33-19-31-34-24(17-30-26(34)27(33)36)23-9-7-21(16-29)8-10-23;/h2-10,17,19-20,37H,11-16,18,29H2,1H3;1H/t20-;/m1./s1. The molecule has 9 nitrogen and oxygen atoms in total. The predicted molar refractivity (Wildman–Crippen MR) is 148 cm³/mol. The Kier molecular flexibility index (Phi) is 8.30. The van der Waals surface area contributed by atoms with E-state index >= 15 is 0 Å². The number of benzene rings is 2. The molecule has 0 spiro atoms. The predicted octanol–water partition coefficient (Wildman–Crippen LogP) is 2.99. The number of carbonyl (C=O) groups is 1. The number of hydrogen-bond donors (Lipinski definition) is 2. The van der Waals surface area contributed by atoms with Crippen molar-refractivity contribution in [2.45, 2.75) is 50.8 Å². The fourth-order valence-corrected chi connectivity index (χ4v) is 4.96. The molecule has 0 bridgehead atoms. The minimum Gasteiger partial charge on any atom is -0.388 e. The van der Waals surface area contributed by atoms with Crippen LogP contribution in [0.3, 0.4) is 0 Å². The normalized spacial score (nSPS) is 15.7. The number of piperidine rings is 1. The Labute approximate surface area is 227 Å². The van der Waals surface area contributed by atoms with E-state index in [1.54, 1.807) is 6.20 Å². The van der Waals surface area contributed by atoms with Gasteiger partial charge in [-0.1, -0.05) is 61.5 Å². The minimum atomic E-state index is -1.10. The molecule has 3 heterocycles. The lowest BCUT2D eigenvalue weighted by molar-refractivity contribution is -0.136. The lowest BCUT2D eigenvalue weighted by Gasteiger charge is -2.38. The summed E-state index contributed by atoms with van der Waals surface area (Å²) in [5, 5.41) is 15.7. The molecule has 1 saturated heterocycles. The summed E-state index contributed by atoms with van der Waals surface area (Å²) in [5.41, 5.74) is 8.21. The minimum absolute atomic E-state index is 0. The van der Waals surface area contributed by atoms with Gasteiger partial charge in [0.2, 0.25) is 11.6 Å². The van der Waals surface area contributed by atoms with Crippen LogP contribution in [-0.4, -0.2) is 53.8 Å². The first kappa shape index (κ1) is 27.5. The van der Waals surface area contributed by atoms with Crippen molar-refractivity contribution in [1.82, 2.24) is 24.1 Å². The Morgan fingerprint density at radius 1 is 1.11 bits per heavy atom. The highest BCUT2D eigenvalue weighted by Crippen LogP contribution is 2.27. The van der Waals surface area contributed by atoms with Crippen LogP contribution in [-0.2, 0) is 17.9 Å². The molecule has 5 rings (SSSR count). The second kappa shape index (κ2) is 11.5. The Balaban J connectivity index is 0.00000336. The molecule has 3 N–H and O–H groups in total. The van der Waals surface area contributed by atoms with Crippen LogP contribution in [0.2, 0.25) is 0 Å². The average Bonchev–Trinajstić information content (AvgIpc) is 3.36. The number of rotatable bonds is 7. The Hall–Kier alpha value is -3.53. The van der Waals surface area contributed by atoms with Crippen LogP contribution in [0.4, 0.5) is 0 Å². The van der Waals surface area contributed by atoms with Gasteiger partial charge in [0.05, 0.1) is 24.0 Å². The lowest BCUT2D eigenvalue weighted by Crippen LogP contribution is -2.50. The first-order chi connectivity index (χ1) is 17.9. The maximum Gasteiger partial charge on any atom is 0.296 e. The number of amides is 1. The van der Waals surface area contributed by atoms with Gasteiger partial charge >= 0.3 is 0 Å². The number of nitrogens with two attached hydrogens (primary N) is 1. The smallest absolute Gasteiger partial charge is 0.296 e. The summed E-state index contributed by atoms with van der Waals surface area (Å²) in [6, 6.07) is 17.7. The number of aliphatic hydroxyl groups is 1. The zero-order valence-electron chi connectivity index (χ0n) is 21.4. The summed E-state index contributed by atoms with van der Waals surface area (Å²) >= 11 is 0. The highest BCUT2D eigenvalue weighted by Gasteiger charge is 2.35. The van der Waals surface area contributed by atoms with E-state index in [-0.39, 0.29) is 42.0 Å². The molecule has 2 aromatic carbocycles. The highest BCUT2D eigenvalue weighted by molar-refractivity contribution is 5.85. The van der Waals surface area contributed by atoms with Gasteiger partial charge in [-0.15, -0.1) is 12.4 Å². The molecule has 1 fully saturated rings. The van der Waals surface area contributed by atoms with Crippen molar-refractivity contribution in [2.75, 3.05) is 13.1 Å². The van der Waals surface area contributed by atoms with Crippen molar-refractivity contribution in [1.29, 1.82) is 0 Å². The summed E-state index contributed by atoms with van der Waals surface area (Å²) in [7, 11) is 0. The molecule has 10 heteroatoms. The van der Waals surface area contributed by atoms with Gasteiger partial charge in [0.25, 0.3) is 5.56 Å². The third-order valence-corrected chi connectivity index (χ3v) is 7.34. The summed E-state index contributed by atoms with van der Waals surface area (Å²) in [4.78, 5) is 32.2. The first-order valence-electron chi connectivity index (χ1n) is 12.6. The fraction of sp³-hybridized carbons (Fsp3) is 0.357.